The monoisotopic (exact) mass is 243 g/mol. The van der Waals surface area contributed by atoms with E-state index in [0.717, 1.165) is 26.1 Å². The fourth-order valence-electron chi connectivity index (χ4n) is 2.65. The topological polar surface area (TPSA) is 49.8 Å². The summed E-state index contributed by atoms with van der Waals surface area (Å²) in [7, 11) is 1.94. The molecule has 0 radical (unpaired) electrons. The van der Waals surface area contributed by atoms with Gasteiger partial charge in [0.15, 0.2) is 0 Å². The van der Waals surface area contributed by atoms with E-state index < -0.39 is 11.5 Å². The van der Waals surface area contributed by atoms with Crippen LogP contribution < -0.4 is 0 Å². The number of carbonyl (C=O) groups is 1. The predicted molar refractivity (Wildman–Crippen MR) is 67.1 cm³/mol. The lowest BCUT2D eigenvalue weighted by molar-refractivity contribution is -0.153. The molecule has 0 spiro atoms. The lowest BCUT2D eigenvalue weighted by atomic mass is 9.87. The van der Waals surface area contributed by atoms with E-state index in [4.69, 9.17) is 4.74 Å². The SMILES string of the molecule is CC(C)CC(C)(C(=O)O)N(C)C1CCOCC1. The van der Waals surface area contributed by atoms with Crippen molar-refractivity contribution in [1.29, 1.82) is 0 Å². The van der Waals surface area contributed by atoms with Crippen LogP contribution in [0.4, 0.5) is 0 Å². The van der Waals surface area contributed by atoms with E-state index in [1.54, 1.807) is 0 Å². The van der Waals surface area contributed by atoms with E-state index in [2.05, 4.69) is 13.8 Å². The lowest BCUT2D eigenvalue weighted by Gasteiger charge is -2.42. The van der Waals surface area contributed by atoms with Gasteiger partial charge in [-0.25, -0.2) is 0 Å². The number of likely N-dealkylation sites (N-methyl/N-ethyl adjacent to an activating group) is 1. The van der Waals surface area contributed by atoms with Crippen molar-refractivity contribution in [1.82, 2.24) is 4.90 Å². The number of rotatable bonds is 5. The number of hydrogen-bond donors (Lipinski definition) is 1. The highest BCUT2D eigenvalue weighted by molar-refractivity contribution is 5.78. The normalized spacial score (nSPS) is 21.8. The second-order valence-corrected chi connectivity index (χ2v) is 5.63. The van der Waals surface area contributed by atoms with Crippen LogP contribution in [0, 0.1) is 5.92 Å². The van der Waals surface area contributed by atoms with Crippen molar-refractivity contribution in [2.24, 2.45) is 5.92 Å². The minimum absolute atomic E-state index is 0.323. The van der Waals surface area contributed by atoms with Gasteiger partial charge in [0.25, 0.3) is 0 Å². The Bertz CT molecular complexity index is 261. The van der Waals surface area contributed by atoms with Crippen molar-refractivity contribution in [3.05, 3.63) is 0 Å². The molecule has 1 heterocycles. The molecule has 1 aliphatic heterocycles. The zero-order valence-corrected chi connectivity index (χ0v) is 11.4. The molecule has 100 valence electrons. The summed E-state index contributed by atoms with van der Waals surface area (Å²) in [5, 5.41) is 9.51. The Balaban J connectivity index is 2.77. The van der Waals surface area contributed by atoms with Gasteiger partial charge >= 0.3 is 5.97 Å². The molecule has 1 fully saturated rings. The van der Waals surface area contributed by atoms with Crippen molar-refractivity contribution in [3.63, 3.8) is 0 Å². The highest BCUT2D eigenvalue weighted by atomic mass is 16.5. The second-order valence-electron chi connectivity index (χ2n) is 5.63. The molecule has 0 aromatic rings. The van der Waals surface area contributed by atoms with Crippen LogP contribution in [0.1, 0.15) is 40.0 Å². The second kappa shape index (κ2) is 5.83. The van der Waals surface area contributed by atoms with E-state index >= 15 is 0 Å². The fraction of sp³-hybridized carbons (Fsp3) is 0.923. The van der Waals surface area contributed by atoms with Gasteiger partial charge in [0, 0.05) is 19.3 Å². The van der Waals surface area contributed by atoms with E-state index in [9.17, 15) is 9.90 Å². The Morgan fingerprint density at radius 2 is 2.00 bits per heavy atom. The fourth-order valence-corrected chi connectivity index (χ4v) is 2.65. The molecule has 1 atom stereocenters. The molecular weight excluding hydrogens is 218 g/mol. The molecule has 0 amide bonds. The van der Waals surface area contributed by atoms with Crippen molar-refractivity contribution < 1.29 is 14.6 Å². The summed E-state index contributed by atoms with van der Waals surface area (Å²) in [5.74, 6) is -0.349. The van der Waals surface area contributed by atoms with Gasteiger partial charge in [-0.3, -0.25) is 9.69 Å². The average Bonchev–Trinajstić information content (AvgIpc) is 2.28. The molecule has 0 aromatic carbocycles. The van der Waals surface area contributed by atoms with Crippen molar-refractivity contribution >= 4 is 5.97 Å². The smallest absolute Gasteiger partial charge is 0.323 e. The van der Waals surface area contributed by atoms with E-state index in [1.165, 1.54) is 0 Å². The lowest BCUT2D eigenvalue weighted by Crippen LogP contribution is -2.56. The van der Waals surface area contributed by atoms with Gasteiger partial charge in [-0.1, -0.05) is 13.8 Å². The van der Waals surface area contributed by atoms with Crippen LogP contribution in [0.15, 0.2) is 0 Å². The molecule has 1 unspecified atom stereocenters. The first-order valence-electron chi connectivity index (χ1n) is 6.42. The summed E-state index contributed by atoms with van der Waals surface area (Å²) in [6.07, 6.45) is 2.53. The molecule has 0 saturated carbocycles. The summed E-state index contributed by atoms with van der Waals surface area (Å²) < 4.78 is 5.33. The Hall–Kier alpha value is -0.610. The minimum atomic E-state index is -0.768. The zero-order valence-electron chi connectivity index (χ0n) is 11.4. The summed E-state index contributed by atoms with van der Waals surface area (Å²) in [5.41, 5.74) is -0.768. The third kappa shape index (κ3) is 3.42. The third-order valence-electron chi connectivity index (χ3n) is 3.78. The van der Waals surface area contributed by atoms with Gasteiger partial charge in [0.05, 0.1) is 0 Å². The summed E-state index contributed by atoms with van der Waals surface area (Å²) in [6, 6.07) is 0.323. The minimum Gasteiger partial charge on any atom is -0.480 e. The van der Waals surface area contributed by atoms with Crippen LogP contribution in [-0.2, 0) is 9.53 Å². The molecular formula is C13H25NO3. The van der Waals surface area contributed by atoms with Crippen molar-refractivity contribution in [3.8, 4) is 0 Å². The van der Waals surface area contributed by atoms with Crippen LogP contribution in [0.5, 0.6) is 0 Å². The molecule has 1 saturated heterocycles. The molecule has 17 heavy (non-hydrogen) atoms. The Labute approximate surface area is 104 Å². The largest absolute Gasteiger partial charge is 0.480 e. The summed E-state index contributed by atoms with van der Waals surface area (Å²) >= 11 is 0. The Morgan fingerprint density at radius 3 is 2.41 bits per heavy atom. The van der Waals surface area contributed by atoms with Crippen LogP contribution in [0.3, 0.4) is 0 Å². The number of hydrogen-bond acceptors (Lipinski definition) is 3. The van der Waals surface area contributed by atoms with Gasteiger partial charge in [0.1, 0.15) is 5.54 Å². The van der Waals surface area contributed by atoms with Gasteiger partial charge in [-0.05, 0) is 39.2 Å². The first kappa shape index (κ1) is 14.5. The first-order valence-corrected chi connectivity index (χ1v) is 6.42. The molecule has 1 aliphatic rings. The Kier molecular flexibility index (Phi) is 4.95. The quantitative estimate of drug-likeness (QED) is 0.802. The zero-order chi connectivity index (χ0) is 13.1. The number of carboxylic acid groups (broad SMARTS) is 1. The summed E-state index contributed by atoms with van der Waals surface area (Å²) in [6.45, 7) is 7.46. The first-order chi connectivity index (χ1) is 7.88. The summed E-state index contributed by atoms with van der Waals surface area (Å²) in [4.78, 5) is 13.6. The standard InChI is InChI=1S/C13H25NO3/c1-10(2)9-13(3,12(15)16)14(4)11-5-7-17-8-6-11/h10-11H,5-9H2,1-4H3,(H,15,16). The molecule has 4 nitrogen and oxygen atoms in total. The average molecular weight is 243 g/mol. The maximum atomic E-state index is 11.6. The van der Waals surface area contributed by atoms with E-state index in [0.29, 0.717) is 18.4 Å². The highest BCUT2D eigenvalue weighted by Gasteiger charge is 2.41. The molecule has 0 aliphatic carbocycles. The molecule has 1 N–H and O–H groups in total. The van der Waals surface area contributed by atoms with Gasteiger partial charge in [-0.15, -0.1) is 0 Å². The number of aliphatic carboxylic acids is 1. The van der Waals surface area contributed by atoms with Gasteiger partial charge in [-0.2, -0.15) is 0 Å². The van der Waals surface area contributed by atoms with Crippen LogP contribution in [0.2, 0.25) is 0 Å². The third-order valence-corrected chi connectivity index (χ3v) is 3.78. The van der Waals surface area contributed by atoms with E-state index in [-0.39, 0.29) is 0 Å². The maximum Gasteiger partial charge on any atom is 0.323 e. The molecule has 1 rings (SSSR count). The Morgan fingerprint density at radius 1 is 1.47 bits per heavy atom. The van der Waals surface area contributed by atoms with Crippen LogP contribution in [-0.4, -0.2) is 47.8 Å². The predicted octanol–water partition coefficient (Wildman–Crippen LogP) is 1.99. The number of ether oxygens (including phenoxy) is 1. The van der Waals surface area contributed by atoms with E-state index in [1.807, 2.05) is 18.9 Å². The number of carboxylic acids is 1. The highest BCUT2D eigenvalue weighted by Crippen LogP contribution is 2.28. The molecule has 0 aromatic heterocycles. The maximum absolute atomic E-state index is 11.6. The number of nitrogens with zero attached hydrogens (tertiary/aromatic N) is 1. The van der Waals surface area contributed by atoms with Crippen molar-refractivity contribution in [2.45, 2.75) is 51.6 Å². The molecule has 0 bridgehead atoms. The van der Waals surface area contributed by atoms with Gasteiger partial charge in [0.2, 0.25) is 0 Å². The molecule has 4 heteroatoms. The van der Waals surface area contributed by atoms with Gasteiger partial charge < -0.3 is 9.84 Å². The van der Waals surface area contributed by atoms with Crippen LogP contribution in [0.25, 0.3) is 0 Å². The van der Waals surface area contributed by atoms with Crippen molar-refractivity contribution in [2.75, 3.05) is 20.3 Å². The van der Waals surface area contributed by atoms with Crippen LogP contribution >= 0.6 is 0 Å².